The molecule has 2 aliphatic rings. The summed E-state index contributed by atoms with van der Waals surface area (Å²) in [5.41, 5.74) is 6.51. The number of hydrogen-bond donors (Lipinski definition) is 2. The van der Waals surface area contributed by atoms with Crippen LogP contribution in [0.3, 0.4) is 0 Å². The van der Waals surface area contributed by atoms with Crippen molar-refractivity contribution in [1.82, 2.24) is 9.88 Å². The fourth-order valence-electron chi connectivity index (χ4n) is 6.17. The van der Waals surface area contributed by atoms with E-state index in [0.717, 1.165) is 38.2 Å². The summed E-state index contributed by atoms with van der Waals surface area (Å²) in [5.74, 6) is -1.22. The number of nitrogens with one attached hydrogen (secondary N) is 2. The first-order valence-electron chi connectivity index (χ1n) is 13.8. The molecule has 0 bridgehead atoms. The second-order valence-corrected chi connectivity index (χ2v) is 10.9. The van der Waals surface area contributed by atoms with E-state index in [1.165, 1.54) is 12.1 Å². The van der Waals surface area contributed by atoms with Gasteiger partial charge in [0.2, 0.25) is 0 Å². The number of aromatic amines is 1. The van der Waals surface area contributed by atoms with E-state index in [-0.39, 0.29) is 11.3 Å². The average Bonchev–Trinajstić information content (AvgIpc) is 3.48. The van der Waals surface area contributed by atoms with Crippen molar-refractivity contribution in [1.29, 1.82) is 0 Å². The number of benzene rings is 4. The number of halogens is 1. The molecule has 42 heavy (non-hydrogen) atoms. The van der Waals surface area contributed by atoms with Gasteiger partial charge in [0.25, 0.3) is 11.8 Å². The van der Waals surface area contributed by atoms with Crippen molar-refractivity contribution in [2.45, 2.75) is 32.4 Å². The van der Waals surface area contributed by atoms with E-state index >= 15 is 0 Å². The minimum atomic E-state index is -0.796. The van der Waals surface area contributed by atoms with Gasteiger partial charge in [0, 0.05) is 28.7 Å². The molecule has 4 aromatic carbocycles. The molecular weight excluding hydrogens is 531 g/mol. The summed E-state index contributed by atoms with van der Waals surface area (Å²) in [5, 5.41) is 3.89. The van der Waals surface area contributed by atoms with E-state index in [4.69, 9.17) is 0 Å². The molecule has 1 fully saturated rings. The molecule has 0 spiro atoms. The van der Waals surface area contributed by atoms with Crippen LogP contribution in [0, 0.1) is 19.7 Å². The first-order chi connectivity index (χ1) is 20.3. The zero-order valence-electron chi connectivity index (χ0n) is 23.0. The zero-order chi connectivity index (χ0) is 29.1. The van der Waals surface area contributed by atoms with Crippen molar-refractivity contribution in [3.8, 4) is 0 Å². The van der Waals surface area contributed by atoms with Crippen LogP contribution in [0.4, 0.5) is 20.6 Å². The number of amides is 4. The van der Waals surface area contributed by atoms with Crippen LogP contribution in [0.1, 0.15) is 44.3 Å². The van der Waals surface area contributed by atoms with Crippen molar-refractivity contribution in [3.05, 3.63) is 130 Å². The summed E-state index contributed by atoms with van der Waals surface area (Å²) >= 11 is 0. The van der Waals surface area contributed by atoms with E-state index in [1.54, 1.807) is 41.3 Å². The van der Waals surface area contributed by atoms with Crippen LogP contribution in [0.2, 0.25) is 0 Å². The number of para-hydroxylation sites is 2. The van der Waals surface area contributed by atoms with Crippen LogP contribution >= 0.6 is 0 Å². The molecular formula is C34H27FN4O3. The number of hydrogen-bond acceptors (Lipinski definition) is 3. The van der Waals surface area contributed by atoms with E-state index in [1.807, 2.05) is 56.3 Å². The Morgan fingerprint density at radius 3 is 2.43 bits per heavy atom. The number of aromatic nitrogens is 1. The molecule has 7 rings (SSSR count). The maximum absolute atomic E-state index is 14.3. The Labute approximate surface area is 241 Å². The molecule has 4 amide bonds. The number of H-pyrrole nitrogens is 1. The van der Waals surface area contributed by atoms with Gasteiger partial charge in [0.05, 0.1) is 11.3 Å². The lowest BCUT2D eigenvalue weighted by Gasteiger charge is -2.36. The fourth-order valence-corrected chi connectivity index (χ4v) is 6.17. The number of carbonyl (C=O) groups excluding carboxylic acids is 3. The van der Waals surface area contributed by atoms with E-state index in [0.29, 0.717) is 17.7 Å². The van der Waals surface area contributed by atoms with E-state index < -0.39 is 35.7 Å². The number of urea groups is 1. The van der Waals surface area contributed by atoms with Crippen molar-refractivity contribution in [2.75, 3.05) is 10.2 Å². The predicted octanol–water partition coefficient (Wildman–Crippen LogP) is 6.66. The number of imide groups is 1. The van der Waals surface area contributed by atoms with Crippen molar-refractivity contribution >= 4 is 40.1 Å². The molecule has 2 atom stereocenters. The van der Waals surface area contributed by atoms with Crippen LogP contribution in [0.15, 0.2) is 91.0 Å². The van der Waals surface area contributed by atoms with Crippen LogP contribution in [-0.2, 0) is 11.2 Å². The van der Waals surface area contributed by atoms with E-state index in [2.05, 4.69) is 10.3 Å². The monoisotopic (exact) mass is 558 g/mol. The molecule has 1 unspecified atom stereocenters. The van der Waals surface area contributed by atoms with Crippen LogP contribution in [-0.4, -0.2) is 33.8 Å². The van der Waals surface area contributed by atoms with Crippen LogP contribution < -0.4 is 10.2 Å². The molecule has 2 N–H and O–H groups in total. The topological polar surface area (TPSA) is 85.5 Å². The summed E-state index contributed by atoms with van der Waals surface area (Å²) in [6.45, 7) is 3.96. The predicted molar refractivity (Wildman–Crippen MR) is 159 cm³/mol. The number of carbonyl (C=O) groups is 3. The van der Waals surface area contributed by atoms with Gasteiger partial charge >= 0.3 is 6.03 Å². The Hall–Kier alpha value is -5.24. The third-order valence-electron chi connectivity index (χ3n) is 8.39. The van der Waals surface area contributed by atoms with E-state index in [9.17, 15) is 18.8 Å². The normalized spacial score (nSPS) is 17.9. The lowest BCUT2D eigenvalue weighted by molar-refractivity contribution is -0.120. The summed E-state index contributed by atoms with van der Waals surface area (Å²) in [6, 6.07) is 24.1. The molecule has 0 saturated carbocycles. The number of nitrogens with zero attached hydrogens (tertiary/aromatic N) is 2. The van der Waals surface area contributed by atoms with Gasteiger partial charge < -0.3 is 10.3 Å². The molecule has 8 heteroatoms. The summed E-state index contributed by atoms with van der Waals surface area (Å²) < 4.78 is 13.9. The molecule has 1 aromatic heterocycles. The van der Waals surface area contributed by atoms with Gasteiger partial charge in [0.15, 0.2) is 0 Å². The summed E-state index contributed by atoms with van der Waals surface area (Å²) in [7, 11) is 0. The Morgan fingerprint density at radius 2 is 1.64 bits per heavy atom. The highest BCUT2D eigenvalue weighted by Crippen LogP contribution is 2.45. The van der Waals surface area contributed by atoms with Crippen molar-refractivity contribution < 1.29 is 18.8 Å². The molecule has 1 saturated heterocycles. The number of aryl methyl sites for hydroxylation is 2. The molecule has 2 aliphatic heterocycles. The lowest BCUT2D eigenvalue weighted by atomic mass is 9.89. The van der Waals surface area contributed by atoms with Crippen LogP contribution in [0.25, 0.3) is 10.9 Å². The first-order valence-corrected chi connectivity index (χ1v) is 13.8. The van der Waals surface area contributed by atoms with Crippen LogP contribution in [0.5, 0.6) is 0 Å². The quantitative estimate of drug-likeness (QED) is 0.242. The molecule has 7 nitrogen and oxygen atoms in total. The highest BCUT2D eigenvalue weighted by atomic mass is 19.1. The van der Waals surface area contributed by atoms with Gasteiger partial charge in [-0.1, -0.05) is 48.5 Å². The summed E-state index contributed by atoms with van der Waals surface area (Å²) in [6.07, 6.45) is 0.315. The average molecular weight is 559 g/mol. The number of fused-ring (bicyclic) bond motifs is 4. The first kappa shape index (κ1) is 25.7. The standard InChI is InChI=1S/C34H27FN4O3/c1-19-11-16-23(17-20(19)2)36-32(40)25-8-4-6-10-28(25)39-33(41)29-18-26-24-7-3-5-9-27(24)37-30(26)31(38(29)34(39)42)21-12-14-22(35)15-13-21/h3-17,29,31,37H,18H2,1-2H3,(H,36,40)/t29-,31?/m0/s1. The SMILES string of the molecule is Cc1ccc(NC(=O)c2ccccc2N2C(=O)[C@@H]3Cc4c([nH]c5ccccc45)C(c4ccc(F)cc4)N3C2=O)cc1C. The Morgan fingerprint density at radius 1 is 0.905 bits per heavy atom. The fraction of sp³-hybridized carbons (Fsp3) is 0.147. The zero-order valence-corrected chi connectivity index (χ0v) is 23.0. The van der Waals surface area contributed by atoms with Gasteiger partial charge in [-0.25, -0.2) is 14.1 Å². The minimum Gasteiger partial charge on any atom is -0.356 e. The molecule has 3 heterocycles. The number of rotatable bonds is 4. The molecule has 5 aromatic rings. The third kappa shape index (κ3) is 3.98. The molecule has 208 valence electrons. The second kappa shape index (κ2) is 9.69. The van der Waals surface area contributed by atoms with Gasteiger partial charge in [-0.05, 0) is 78.6 Å². The molecule has 0 aliphatic carbocycles. The highest BCUT2D eigenvalue weighted by Gasteiger charge is 2.53. The maximum Gasteiger partial charge on any atom is 0.332 e. The smallest absolute Gasteiger partial charge is 0.332 e. The maximum atomic E-state index is 14.3. The van der Waals surface area contributed by atoms with Gasteiger partial charge in [0.1, 0.15) is 17.9 Å². The van der Waals surface area contributed by atoms with Gasteiger partial charge in [-0.3, -0.25) is 14.5 Å². The minimum absolute atomic E-state index is 0.208. The molecule has 0 radical (unpaired) electrons. The van der Waals surface area contributed by atoms with Crippen molar-refractivity contribution in [2.24, 2.45) is 0 Å². The highest BCUT2D eigenvalue weighted by molar-refractivity contribution is 6.24. The number of anilines is 2. The Kier molecular flexibility index (Phi) is 5.93. The van der Waals surface area contributed by atoms with Gasteiger partial charge in [-0.2, -0.15) is 0 Å². The van der Waals surface area contributed by atoms with Gasteiger partial charge in [-0.15, -0.1) is 0 Å². The van der Waals surface area contributed by atoms with Crippen molar-refractivity contribution in [3.63, 3.8) is 0 Å². The summed E-state index contributed by atoms with van der Waals surface area (Å²) in [4.78, 5) is 48.0. The second-order valence-electron chi connectivity index (χ2n) is 10.9. The largest absolute Gasteiger partial charge is 0.356 e. The Balaban J connectivity index is 1.31. The Bertz CT molecular complexity index is 1910. The third-order valence-corrected chi connectivity index (χ3v) is 8.39. The lowest BCUT2D eigenvalue weighted by Crippen LogP contribution is -2.44.